The van der Waals surface area contributed by atoms with E-state index in [0.717, 1.165) is 5.57 Å². The second kappa shape index (κ2) is 8.01. The zero-order valence-electron chi connectivity index (χ0n) is 10.2. The molecule has 0 aromatic heterocycles. The average Bonchev–Trinajstić information content (AvgIpc) is 2.23. The van der Waals surface area contributed by atoms with Gasteiger partial charge in [0.25, 0.3) is 0 Å². The first-order valence-corrected chi connectivity index (χ1v) is 4.94. The number of rotatable bonds is 6. The lowest BCUT2D eigenvalue weighted by molar-refractivity contribution is -0.160. The van der Waals surface area contributed by atoms with Crippen molar-refractivity contribution in [2.24, 2.45) is 0 Å². The van der Waals surface area contributed by atoms with E-state index in [9.17, 15) is 9.59 Å². The largest absolute Gasteiger partial charge is 0.388 e. The monoisotopic (exact) mass is 230 g/mol. The molecule has 0 aromatic rings. The van der Waals surface area contributed by atoms with E-state index in [0.29, 0.717) is 18.8 Å². The maximum absolute atomic E-state index is 11.3. The summed E-state index contributed by atoms with van der Waals surface area (Å²) in [5.74, 6) is -1.32. The molecule has 0 bridgehead atoms. The van der Waals surface area contributed by atoms with Crippen LogP contribution in [0, 0.1) is 0 Å². The molecule has 0 saturated carbocycles. The number of esters is 2. The molecule has 0 aliphatic heterocycles. The lowest BCUT2D eigenvalue weighted by Crippen LogP contribution is -2.19. The summed E-state index contributed by atoms with van der Waals surface area (Å²) in [6.07, 6.45) is 0. The average molecular weight is 230 g/mol. The summed E-state index contributed by atoms with van der Waals surface area (Å²) in [6, 6.07) is 0. The number of hydrogen-bond donors (Lipinski definition) is 0. The Morgan fingerprint density at radius 2 is 1.69 bits per heavy atom. The summed E-state index contributed by atoms with van der Waals surface area (Å²) in [4.78, 5) is 22.4. The van der Waals surface area contributed by atoms with E-state index >= 15 is 0 Å². The molecule has 0 aliphatic rings. The van der Waals surface area contributed by atoms with Crippen LogP contribution in [-0.4, -0.2) is 38.9 Å². The molecule has 0 heterocycles. The minimum Gasteiger partial charge on any atom is -0.388 e. The Morgan fingerprint density at radius 3 is 2.19 bits per heavy atom. The van der Waals surface area contributed by atoms with E-state index in [1.54, 1.807) is 20.8 Å². The van der Waals surface area contributed by atoms with Crippen molar-refractivity contribution in [2.45, 2.75) is 20.8 Å². The summed E-state index contributed by atoms with van der Waals surface area (Å²) in [6.45, 7) is 5.60. The van der Waals surface area contributed by atoms with Crippen molar-refractivity contribution in [1.29, 1.82) is 0 Å². The van der Waals surface area contributed by atoms with Gasteiger partial charge < -0.3 is 14.2 Å². The third-order valence-electron chi connectivity index (χ3n) is 1.91. The maximum atomic E-state index is 11.3. The van der Waals surface area contributed by atoms with Gasteiger partial charge in [-0.15, -0.1) is 0 Å². The molecule has 5 nitrogen and oxygen atoms in total. The van der Waals surface area contributed by atoms with Crippen LogP contribution < -0.4 is 0 Å². The Balaban J connectivity index is 3.89. The van der Waals surface area contributed by atoms with Crippen LogP contribution in [0.4, 0.5) is 0 Å². The molecule has 92 valence electrons. The van der Waals surface area contributed by atoms with Gasteiger partial charge in [0.05, 0.1) is 13.2 Å². The topological polar surface area (TPSA) is 61.8 Å². The SMILES string of the molecule is COCCOCC(=O)OC(=O)C(C)=C(C)C. The van der Waals surface area contributed by atoms with Crippen LogP contribution in [0.2, 0.25) is 0 Å². The van der Waals surface area contributed by atoms with Crippen molar-refractivity contribution in [3.05, 3.63) is 11.1 Å². The molecular weight excluding hydrogens is 212 g/mol. The predicted molar refractivity (Wildman–Crippen MR) is 57.8 cm³/mol. The Kier molecular flexibility index (Phi) is 7.41. The van der Waals surface area contributed by atoms with Crippen LogP contribution in [-0.2, 0) is 23.8 Å². The van der Waals surface area contributed by atoms with Gasteiger partial charge in [-0.3, -0.25) is 0 Å². The highest BCUT2D eigenvalue weighted by molar-refractivity contribution is 5.96. The molecule has 0 N–H and O–H groups in total. The van der Waals surface area contributed by atoms with Gasteiger partial charge in [0, 0.05) is 12.7 Å². The molecule has 5 heteroatoms. The molecule has 0 radical (unpaired) electrons. The van der Waals surface area contributed by atoms with Crippen LogP contribution in [0.5, 0.6) is 0 Å². The molecule has 16 heavy (non-hydrogen) atoms. The minimum absolute atomic E-state index is 0.245. The Labute approximate surface area is 95.4 Å². The standard InChI is InChI=1S/C11H18O5/c1-8(2)9(3)11(13)16-10(12)7-15-6-5-14-4/h5-7H2,1-4H3. The van der Waals surface area contributed by atoms with E-state index in [2.05, 4.69) is 4.74 Å². The second-order valence-electron chi connectivity index (χ2n) is 3.43. The van der Waals surface area contributed by atoms with Crippen molar-refractivity contribution >= 4 is 11.9 Å². The molecule has 0 amide bonds. The van der Waals surface area contributed by atoms with E-state index in [1.165, 1.54) is 7.11 Å². The number of ether oxygens (including phenoxy) is 3. The van der Waals surface area contributed by atoms with Crippen LogP contribution in [0.3, 0.4) is 0 Å². The van der Waals surface area contributed by atoms with Crippen molar-refractivity contribution in [1.82, 2.24) is 0 Å². The number of methoxy groups -OCH3 is 1. The van der Waals surface area contributed by atoms with Crippen molar-refractivity contribution < 1.29 is 23.8 Å². The van der Waals surface area contributed by atoms with E-state index in [-0.39, 0.29) is 6.61 Å². The van der Waals surface area contributed by atoms with Crippen molar-refractivity contribution in [3.63, 3.8) is 0 Å². The fourth-order valence-electron chi connectivity index (χ4n) is 0.711. The first-order valence-electron chi connectivity index (χ1n) is 4.94. The van der Waals surface area contributed by atoms with Crippen LogP contribution in [0.25, 0.3) is 0 Å². The highest BCUT2D eigenvalue weighted by atomic mass is 16.6. The lowest BCUT2D eigenvalue weighted by atomic mass is 10.2. The highest BCUT2D eigenvalue weighted by Gasteiger charge is 2.13. The maximum Gasteiger partial charge on any atom is 0.341 e. The molecule has 0 aliphatic carbocycles. The predicted octanol–water partition coefficient (Wildman–Crippen LogP) is 1.08. The van der Waals surface area contributed by atoms with Gasteiger partial charge in [-0.2, -0.15) is 0 Å². The quantitative estimate of drug-likeness (QED) is 0.296. The van der Waals surface area contributed by atoms with Gasteiger partial charge in [0.2, 0.25) is 0 Å². The number of allylic oxidation sites excluding steroid dienone is 1. The zero-order valence-corrected chi connectivity index (χ0v) is 10.2. The van der Waals surface area contributed by atoms with Gasteiger partial charge in [-0.05, 0) is 20.8 Å². The number of carbonyl (C=O) groups is 2. The van der Waals surface area contributed by atoms with E-state index in [4.69, 9.17) is 9.47 Å². The smallest absolute Gasteiger partial charge is 0.341 e. The Hall–Kier alpha value is -1.20. The Bertz CT molecular complexity index is 276. The molecule has 0 aromatic carbocycles. The Morgan fingerprint density at radius 1 is 1.06 bits per heavy atom. The molecule has 0 spiro atoms. The molecule has 0 rings (SSSR count). The van der Waals surface area contributed by atoms with Crippen molar-refractivity contribution in [2.75, 3.05) is 26.9 Å². The fourth-order valence-corrected chi connectivity index (χ4v) is 0.711. The molecule has 0 saturated heterocycles. The van der Waals surface area contributed by atoms with Gasteiger partial charge >= 0.3 is 11.9 Å². The van der Waals surface area contributed by atoms with Gasteiger partial charge in [0.1, 0.15) is 6.61 Å². The van der Waals surface area contributed by atoms with Gasteiger partial charge in [-0.25, -0.2) is 9.59 Å². The summed E-state index contributed by atoms with van der Waals surface area (Å²) in [7, 11) is 1.53. The summed E-state index contributed by atoms with van der Waals surface area (Å²) < 4.78 is 14.2. The second-order valence-corrected chi connectivity index (χ2v) is 3.43. The summed E-state index contributed by atoms with van der Waals surface area (Å²) in [5, 5.41) is 0. The first-order chi connectivity index (χ1) is 7.49. The third-order valence-corrected chi connectivity index (χ3v) is 1.91. The normalized spacial score (nSPS) is 9.75. The van der Waals surface area contributed by atoms with Gasteiger partial charge in [-0.1, -0.05) is 5.57 Å². The number of hydrogen-bond acceptors (Lipinski definition) is 5. The van der Waals surface area contributed by atoms with Crippen LogP contribution in [0.1, 0.15) is 20.8 Å². The third kappa shape index (κ3) is 6.31. The lowest BCUT2D eigenvalue weighted by Gasteiger charge is -2.05. The first kappa shape index (κ1) is 14.8. The summed E-state index contributed by atoms with van der Waals surface area (Å²) in [5.41, 5.74) is 1.25. The fraction of sp³-hybridized carbons (Fsp3) is 0.636. The molecule has 0 unspecified atom stereocenters. The van der Waals surface area contributed by atoms with E-state index < -0.39 is 11.9 Å². The van der Waals surface area contributed by atoms with Gasteiger partial charge in [0.15, 0.2) is 0 Å². The van der Waals surface area contributed by atoms with Crippen molar-refractivity contribution in [3.8, 4) is 0 Å². The van der Waals surface area contributed by atoms with Crippen LogP contribution >= 0.6 is 0 Å². The summed E-state index contributed by atoms with van der Waals surface area (Å²) >= 11 is 0. The zero-order chi connectivity index (χ0) is 12.6. The van der Waals surface area contributed by atoms with Crippen LogP contribution in [0.15, 0.2) is 11.1 Å². The molecular formula is C11H18O5. The highest BCUT2D eigenvalue weighted by Crippen LogP contribution is 2.04. The number of carbonyl (C=O) groups excluding carboxylic acids is 2. The molecule has 0 fully saturated rings. The van der Waals surface area contributed by atoms with E-state index in [1.807, 2.05) is 0 Å². The molecule has 0 atom stereocenters. The minimum atomic E-state index is -0.693.